The number of hydrogen-bond acceptors (Lipinski definition) is 6. The van der Waals surface area contributed by atoms with Gasteiger partial charge in [-0.2, -0.15) is 18.3 Å². The first kappa shape index (κ1) is 20.2. The van der Waals surface area contributed by atoms with E-state index in [4.69, 9.17) is 10.5 Å². The molecule has 30 heavy (non-hydrogen) atoms. The minimum Gasteiger partial charge on any atom is -0.379 e. The predicted octanol–water partition coefficient (Wildman–Crippen LogP) is 1.94. The zero-order valence-electron chi connectivity index (χ0n) is 15.9. The second-order valence-corrected chi connectivity index (χ2v) is 6.94. The molecule has 158 valence electrons. The molecule has 1 aliphatic rings. The summed E-state index contributed by atoms with van der Waals surface area (Å²) in [4.78, 5) is 21.9. The van der Waals surface area contributed by atoms with Crippen molar-refractivity contribution in [3.8, 4) is 11.3 Å². The molecule has 4 heterocycles. The van der Waals surface area contributed by atoms with Gasteiger partial charge in [0, 0.05) is 37.6 Å². The van der Waals surface area contributed by atoms with Crippen LogP contribution in [0.2, 0.25) is 0 Å². The molecule has 0 radical (unpaired) electrons. The van der Waals surface area contributed by atoms with Crippen molar-refractivity contribution in [1.29, 1.82) is 0 Å². The van der Waals surface area contributed by atoms with Gasteiger partial charge in [-0.05, 0) is 12.1 Å². The number of morpholine rings is 1. The zero-order chi connectivity index (χ0) is 21.3. The van der Waals surface area contributed by atoms with E-state index in [0.29, 0.717) is 26.3 Å². The lowest BCUT2D eigenvalue weighted by molar-refractivity contribution is -0.136. The Hall–Kier alpha value is -3.05. The van der Waals surface area contributed by atoms with Crippen LogP contribution in [0.1, 0.15) is 15.9 Å². The van der Waals surface area contributed by atoms with Crippen LogP contribution in [0.15, 0.2) is 30.7 Å². The standard InChI is InChI=1S/C19H19F3N6O2/c20-19(21,22)15-8-16(12-7-13(17(23)29)10-24-9-12)26-18-14(15)11-25-28(18)2-1-27-3-5-30-6-4-27/h7-11H,1-6H2,(H2,23,29). The minimum absolute atomic E-state index is 0.0403. The molecule has 3 aromatic rings. The molecule has 0 spiro atoms. The number of nitrogens with zero attached hydrogens (tertiary/aromatic N) is 5. The third kappa shape index (κ3) is 4.12. The second kappa shape index (κ2) is 8.00. The Morgan fingerprint density at radius 1 is 1.13 bits per heavy atom. The number of nitrogens with two attached hydrogens (primary N) is 1. The second-order valence-electron chi connectivity index (χ2n) is 6.94. The van der Waals surface area contributed by atoms with E-state index in [2.05, 4.69) is 20.0 Å². The quantitative estimate of drug-likeness (QED) is 0.677. The number of hydrogen-bond donors (Lipinski definition) is 1. The fourth-order valence-corrected chi connectivity index (χ4v) is 3.37. The van der Waals surface area contributed by atoms with Crippen LogP contribution in [0.25, 0.3) is 22.3 Å². The molecule has 0 unspecified atom stereocenters. The summed E-state index contributed by atoms with van der Waals surface area (Å²) in [7, 11) is 0. The van der Waals surface area contributed by atoms with Gasteiger partial charge in [0.25, 0.3) is 0 Å². The molecule has 0 saturated carbocycles. The maximum absolute atomic E-state index is 13.7. The SMILES string of the molecule is NC(=O)c1cncc(-c2cc(C(F)(F)F)c3cnn(CCN4CCOCC4)c3n2)c1. The Kier molecular flexibility index (Phi) is 5.39. The highest BCUT2D eigenvalue weighted by Crippen LogP contribution is 2.36. The Morgan fingerprint density at radius 2 is 1.90 bits per heavy atom. The van der Waals surface area contributed by atoms with Gasteiger partial charge in [0.15, 0.2) is 5.65 Å². The van der Waals surface area contributed by atoms with Crippen LogP contribution in [0.5, 0.6) is 0 Å². The van der Waals surface area contributed by atoms with Gasteiger partial charge in [-0.15, -0.1) is 0 Å². The Bertz CT molecular complexity index is 1080. The number of pyridine rings is 2. The summed E-state index contributed by atoms with van der Waals surface area (Å²) in [5.74, 6) is -0.725. The molecular weight excluding hydrogens is 401 g/mol. The minimum atomic E-state index is -4.59. The fourth-order valence-electron chi connectivity index (χ4n) is 3.37. The highest BCUT2D eigenvalue weighted by atomic mass is 19.4. The average molecular weight is 420 g/mol. The van der Waals surface area contributed by atoms with Crippen LogP contribution < -0.4 is 5.73 Å². The van der Waals surface area contributed by atoms with Gasteiger partial charge in [0.1, 0.15) is 0 Å². The number of amides is 1. The molecule has 0 aliphatic carbocycles. The predicted molar refractivity (Wildman–Crippen MR) is 102 cm³/mol. The Labute approximate surface area is 169 Å². The first-order chi connectivity index (χ1) is 14.3. The molecule has 1 fully saturated rings. The number of rotatable bonds is 5. The summed E-state index contributed by atoms with van der Waals surface area (Å²) in [6, 6.07) is 2.32. The Balaban J connectivity index is 1.75. The molecular formula is C19H19F3N6O2. The van der Waals surface area contributed by atoms with E-state index in [-0.39, 0.29) is 27.9 Å². The van der Waals surface area contributed by atoms with E-state index in [0.717, 1.165) is 19.2 Å². The van der Waals surface area contributed by atoms with Crippen LogP contribution in [-0.4, -0.2) is 63.4 Å². The molecule has 0 bridgehead atoms. The maximum Gasteiger partial charge on any atom is 0.417 e. The van der Waals surface area contributed by atoms with Crippen LogP contribution >= 0.6 is 0 Å². The summed E-state index contributed by atoms with van der Waals surface area (Å²) in [5.41, 5.74) is 4.93. The molecule has 2 N–H and O–H groups in total. The average Bonchev–Trinajstić information content (AvgIpc) is 3.14. The van der Waals surface area contributed by atoms with Crippen LogP contribution in [0.4, 0.5) is 13.2 Å². The lowest BCUT2D eigenvalue weighted by atomic mass is 10.1. The van der Waals surface area contributed by atoms with Gasteiger partial charge in [0.05, 0.1) is 48.2 Å². The van der Waals surface area contributed by atoms with E-state index in [9.17, 15) is 18.0 Å². The van der Waals surface area contributed by atoms with Gasteiger partial charge in [-0.25, -0.2) is 9.67 Å². The van der Waals surface area contributed by atoms with Crippen molar-refractivity contribution in [3.63, 3.8) is 0 Å². The summed E-state index contributed by atoms with van der Waals surface area (Å²) < 4.78 is 48.0. The molecule has 1 aliphatic heterocycles. The topological polar surface area (TPSA) is 99.2 Å². The fraction of sp³-hybridized carbons (Fsp3) is 0.368. The normalized spacial score (nSPS) is 15.6. The van der Waals surface area contributed by atoms with E-state index >= 15 is 0 Å². The van der Waals surface area contributed by atoms with Gasteiger partial charge in [0.2, 0.25) is 5.91 Å². The summed E-state index contributed by atoms with van der Waals surface area (Å²) in [6.45, 7) is 3.78. The summed E-state index contributed by atoms with van der Waals surface area (Å²) >= 11 is 0. The van der Waals surface area contributed by atoms with Gasteiger partial charge in [-0.1, -0.05) is 0 Å². The van der Waals surface area contributed by atoms with Crippen LogP contribution in [-0.2, 0) is 17.5 Å². The number of carbonyl (C=O) groups excluding carboxylic acids is 1. The highest BCUT2D eigenvalue weighted by molar-refractivity contribution is 5.93. The number of aromatic nitrogens is 4. The number of fused-ring (bicyclic) bond motifs is 1. The largest absolute Gasteiger partial charge is 0.417 e. The molecule has 1 saturated heterocycles. The van der Waals surface area contributed by atoms with E-state index in [1.54, 1.807) is 0 Å². The van der Waals surface area contributed by atoms with Gasteiger partial charge in [-0.3, -0.25) is 14.7 Å². The highest BCUT2D eigenvalue weighted by Gasteiger charge is 2.34. The number of halogens is 3. The molecule has 11 heteroatoms. The Morgan fingerprint density at radius 3 is 2.60 bits per heavy atom. The lowest BCUT2D eigenvalue weighted by Gasteiger charge is -2.26. The lowest BCUT2D eigenvalue weighted by Crippen LogP contribution is -2.38. The van der Waals surface area contributed by atoms with Crippen LogP contribution in [0.3, 0.4) is 0 Å². The third-order valence-corrected chi connectivity index (χ3v) is 4.96. The number of primary amides is 1. The first-order valence-electron chi connectivity index (χ1n) is 9.32. The number of ether oxygens (including phenoxy) is 1. The molecule has 0 atom stereocenters. The smallest absolute Gasteiger partial charge is 0.379 e. The van der Waals surface area contributed by atoms with Gasteiger partial charge >= 0.3 is 6.18 Å². The van der Waals surface area contributed by atoms with Crippen molar-refractivity contribution in [2.75, 3.05) is 32.8 Å². The third-order valence-electron chi connectivity index (χ3n) is 4.96. The summed E-state index contributed by atoms with van der Waals surface area (Å²) in [6.07, 6.45) is -0.814. The van der Waals surface area contributed by atoms with E-state index in [1.807, 2.05) is 0 Å². The van der Waals surface area contributed by atoms with Crippen molar-refractivity contribution in [1.82, 2.24) is 24.6 Å². The molecule has 1 amide bonds. The molecule has 4 rings (SSSR count). The van der Waals surface area contributed by atoms with Crippen molar-refractivity contribution >= 4 is 16.9 Å². The van der Waals surface area contributed by atoms with Crippen molar-refractivity contribution in [2.24, 2.45) is 5.73 Å². The van der Waals surface area contributed by atoms with Crippen LogP contribution in [0, 0.1) is 0 Å². The number of alkyl halides is 3. The van der Waals surface area contributed by atoms with E-state index < -0.39 is 17.6 Å². The molecule has 0 aromatic carbocycles. The van der Waals surface area contributed by atoms with Crippen molar-refractivity contribution in [3.05, 3.63) is 41.9 Å². The monoisotopic (exact) mass is 420 g/mol. The van der Waals surface area contributed by atoms with Gasteiger partial charge < -0.3 is 10.5 Å². The first-order valence-corrected chi connectivity index (χ1v) is 9.32. The maximum atomic E-state index is 13.7. The van der Waals surface area contributed by atoms with Crippen molar-refractivity contribution < 1.29 is 22.7 Å². The van der Waals surface area contributed by atoms with Crippen molar-refractivity contribution in [2.45, 2.75) is 12.7 Å². The molecule has 8 nitrogen and oxygen atoms in total. The zero-order valence-corrected chi connectivity index (χ0v) is 15.9. The molecule has 3 aromatic heterocycles. The van der Waals surface area contributed by atoms with E-state index in [1.165, 1.54) is 29.3 Å². The summed E-state index contributed by atoms with van der Waals surface area (Å²) in [5, 5.41) is 4.06. The number of carbonyl (C=O) groups is 1.